The lowest BCUT2D eigenvalue weighted by Crippen LogP contribution is -2.46. The lowest BCUT2D eigenvalue weighted by atomic mass is 10.1. The Balaban J connectivity index is 1.74. The summed E-state index contributed by atoms with van der Waals surface area (Å²) in [7, 11) is 1.76. The molecule has 0 saturated carbocycles. The monoisotopic (exact) mass is 360 g/mol. The number of hydrogen-bond acceptors (Lipinski definition) is 3. The number of carbonyl (C=O) groups excluding carboxylic acids is 1. The highest BCUT2D eigenvalue weighted by Gasteiger charge is 2.27. The maximum atomic E-state index is 12.1. The van der Waals surface area contributed by atoms with E-state index in [-0.39, 0.29) is 17.9 Å². The van der Waals surface area contributed by atoms with Crippen molar-refractivity contribution < 1.29 is 9.53 Å². The summed E-state index contributed by atoms with van der Waals surface area (Å²) in [6.45, 7) is 10.8. The van der Waals surface area contributed by atoms with Crippen molar-refractivity contribution in [2.45, 2.75) is 40.2 Å². The number of hydrogen-bond donors (Lipinski definition) is 2. The van der Waals surface area contributed by atoms with E-state index in [0.717, 1.165) is 42.3 Å². The third-order valence-electron chi connectivity index (χ3n) is 4.61. The number of rotatable bonds is 6. The van der Waals surface area contributed by atoms with Gasteiger partial charge in [0.05, 0.1) is 6.54 Å². The molecule has 1 fully saturated rings. The number of para-hydroxylation sites is 1. The molecule has 2 rings (SSSR count). The van der Waals surface area contributed by atoms with Crippen LogP contribution in [-0.4, -0.2) is 56.1 Å². The van der Waals surface area contributed by atoms with Gasteiger partial charge < -0.3 is 20.3 Å². The van der Waals surface area contributed by atoms with Gasteiger partial charge in [0, 0.05) is 32.1 Å². The molecule has 1 aliphatic rings. The molecular formula is C20H32N4O2. The summed E-state index contributed by atoms with van der Waals surface area (Å²) in [6.07, 6.45) is 0.943. The predicted molar refractivity (Wildman–Crippen MR) is 106 cm³/mol. The van der Waals surface area contributed by atoms with E-state index in [1.807, 2.05) is 24.8 Å². The van der Waals surface area contributed by atoms with E-state index >= 15 is 0 Å². The summed E-state index contributed by atoms with van der Waals surface area (Å²) < 4.78 is 5.91. The zero-order valence-electron chi connectivity index (χ0n) is 16.6. The lowest BCUT2D eigenvalue weighted by molar-refractivity contribution is -0.133. The van der Waals surface area contributed by atoms with Crippen LogP contribution in [0.1, 0.15) is 31.4 Å². The maximum absolute atomic E-state index is 12.1. The number of aliphatic imine (C=N–C) groups is 1. The van der Waals surface area contributed by atoms with Gasteiger partial charge in [0.1, 0.15) is 12.4 Å². The van der Waals surface area contributed by atoms with Gasteiger partial charge in [0.15, 0.2) is 5.96 Å². The molecular weight excluding hydrogens is 328 g/mol. The van der Waals surface area contributed by atoms with Crippen LogP contribution in [-0.2, 0) is 4.79 Å². The number of amides is 1. The van der Waals surface area contributed by atoms with Gasteiger partial charge in [-0.2, -0.15) is 0 Å². The SMILES string of the molecule is CN=C(NCCOc1c(C)cccc1C)NC1CCN(C(=O)C(C)C)C1. The van der Waals surface area contributed by atoms with E-state index in [0.29, 0.717) is 13.2 Å². The molecule has 1 atom stereocenters. The van der Waals surface area contributed by atoms with Crippen LogP contribution < -0.4 is 15.4 Å². The van der Waals surface area contributed by atoms with E-state index in [1.165, 1.54) is 0 Å². The number of nitrogens with one attached hydrogen (secondary N) is 2. The molecule has 0 spiro atoms. The van der Waals surface area contributed by atoms with Crippen molar-refractivity contribution in [3.8, 4) is 5.75 Å². The predicted octanol–water partition coefficient (Wildman–Crippen LogP) is 2.10. The molecule has 1 aromatic carbocycles. The molecule has 144 valence electrons. The van der Waals surface area contributed by atoms with Gasteiger partial charge in [0.2, 0.25) is 5.91 Å². The zero-order chi connectivity index (χ0) is 19.1. The second-order valence-electron chi connectivity index (χ2n) is 7.14. The van der Waals surface area contributed by atoms with Crippen LogP contribution in [0.25, 0.3) is 0 Å². The highest BCUT2D eigenvalue weighted by atomic mass is 16.5. The van der Waals surface area contributed by atoms with Crippen molar-refractivity contribution >= 4 is 11.9 Å². The van der Waals surface area contributed by atoms with Gasteiger partial charge >= 0.3 is 0 Å². The molecule has 0 aromatic heterocycles. The third-order valence-corrected chi connectivity index (χ3v) is 4.61. The zero-order valence-corrected chi connectivity index (χ0v) is 16.6. The standard InChI is InChI=1S/C20H32N4O2/c1-14(2)19(25)24-11-9-17(13-24)23-20(21-5)22-10-12-26-18-15(3)7-6-8-16(18)4/h6-8,14,17H,9-13H2,1-5H3,(H2,21,22,23). The molecule has 1 amide bonds. The first-order valence-electron chi connectivity index (χ1n) is 9.37. The molecule has 1 unspecified atom stereocenters. The van der Waals surface area contributed by atoms with Crippen molar-refractivity contribution in [2.24, 2.45) is 10.9 Å². The van der Waals surface area contributed by atoms with Crippen LogP contribution in [0.2, 0.25) is 0 Å². The van der Waals surface area contributed by atoms with Crippen LogP contribution in [0.15, 0.2) is 23.2 Å². The quantitative estimate of drug-likeness (QED) is 0.463. The largest absolute Gasteiger partial charge is 0.491 e. The Bertz CT molecular complexity index is 622. The second kappa shape index (κ2) is 9.46. The van der Waals surface area contributed by atoms with Gasteiger partial charge in [-0.3, -0.25) is 9.79 Å². The molecule has 2 N–H and O–H groups in total. The molecule has 6 nitrogen and oxygen atoms in total. The van der Waals surface area contributed by atoms with Gasteiger partial charge in [0.25, 0.3) is 0 Å². The third kappa shape index (κ3) is 5.38. The first kappa shape index (κ1) is 20.1. The first-order valence-corrected chi connectivity index (χ1v) is 9.37. The molecule has 0 bridgehead atoms. The maximum Gasteiger partial charge on any atom is 0.225 e. The minimum atomic E-state index is 0.0493. The van der Waals surface area contributed by atoms with Crippen LogP contribution in [0.3, 0.4) is 0 Å². The summed E-state index contributed by atoms with van der Waals surface area (Å²) in [6, 6.07) is 6.39. The van der Waals surface area contributed by atoms with E-state index in [4.69, 9.17) is 4.74 Å². The Morgan fingerprint density at radius 2 is 2.04 bits per heavy atom. The number of aryl methyl sites for hydroxylation is 2. The van der Waals surface area contributed by atoms with Gasteiger partial charge in [-0.15, -0.1) is 0 Å². The van der Waals surface area contributed by atoms with E-state index in [2.05, 4.69) is 41.6 Å². The fourth-order valence-corrected chi connectivity index (χ4v) is 3.18. The number of nitrogens with zero attached hydrogens (tertiary/aromatic N) is 2. The van der Waals surface area contributed by atoms with Crippen LogP contribution in [0.4, 0.5) is 0 Å². The lowest BCUT2D eigenvalue weighted by Gasteiger charge is -2.20. The molecule has 6 heteroatoms. The number of ether oxygens (including phenoxy) is 1. The van der Waals surface area contributed by atoms with Crippen LogP contribution in [0, 0.1) is 19.8 Å². The summed E-state index contributed by atoms with van der Waals surface area (Å²) in [5.74, 6) is 1.97. The van der Waals surface area contributed by atoms with Crippen molar-refractivity contribution in [1.82, 2.24) is 15.5 Å². The van der Waals surface area contributed by atoms with Crippen molar-refractivity contribution in [1.29, 1.82) is 0 Å². The second-order valence-corrected chi connectivity index (χ2v) is 7.14. The minimum Gasteiger partial charge on any atom is -0.491 e. The van der Waals surface area contributed by atoms with Crippen molar-refractivity contribution in [2.75, 3.05) is 33.3 Å². The molecule has 0 aliphatic carbocycles. The summed E-state index contributed by atoms with van der Waals surface area (Å²) >= 11 is 0. The smallest absolute Gasteiger partial charge is 0.225 e. The number of guanidine groups is 1. The molecule has 1 saturated heterocycles. The van der Waals surface area contributed by atoms with E-state index in [1.54, 1.807) is 7.05 Å². The Morgan fingerprint density at radius 1 is 1.35 bits per heavy atom. The summed E-state index contributed by atoms with van der Waals surface area (Å²) in [4.78, 5) is 18.3. The summed E-state index contributed by atoms with van der Waals surface area (Å²) in [5, 5.41) is 6.68. The highest BCUT2D eigenvalue weighted by molar-refractivity contribution is 5.81. The van der Waals surface area contributed by atoms with Crippen molar-refractivity contribution in [3.63, 3.8) is 0 Å². The van der Waals surface area contributed by atoms with Crippen molar-refractivity contribution in [3.05, 3.63) is 29.3 Å². The Kier molecular flexibility index (Phi) is 7.30. The normalized spacial score (nSPS) is 17.5. The summed E-state index contributed by atoms with van der Waals surface area (Å²) in [5.41, 5.74) is 2.29. The molecule has 0 radical (unpaired) electrons. The first-order chi connectivity index (χ1) is 12.4. The average molecular weight is 361 g/mol. The Morgan fingerprint density at radius 3 is 2.65 bits per heavy atom. The average Bonchev–Trinajstić information content (AvgIpc) is 3.07. The number of carbonyl (C=O) groups is 1. The number of benzene rings is 1. The van der Waals surface area contributed by atoms with Gasteiger partial charge in [-0.05, 0) is 31.4 Å². The molecule has 1 heterocycles. The fourth-order valence-electron chi connectivity index (χ4n) is 3.18. The topological polar surface area (TPSA) is 66.0 Å². The highest BCUT2D eigenvalue weighted by Crippen LogP contribution is 2.21. The van der Waals surface area contributed by atoms with Crippen LogP contribution >= 0.6 is 0 Å². The Labute approximate surface area is 157 Å². The van der Waals surface area contributed by atoms with E-state index < -0.39 is 0 Å². The molecule has 1 aliphatic heterocycles. The van der Waals surface area contributed by atoms with Gasteiger partial charge in [-0.1, -0.05) is 32.0 Å². The van der Waals surface area contributed by atoms with E-state index in [9.17, 15) is 4.79 Å². The van der Waals surface area contributed by atoms with Crippen LogP contribution in [0.5, 0.6) is 5.75 Å². The van der Waals surface area contributed by atoms with Gasteiger partial charge in [-0.25, -0.2) is 0 Å². The molecule has 1 aromatic rings. The Hall–Kier alpha value is -2.24. The number of likely N-dealkylation sites (tertiary alicyclic amines) is 1. The molecule has 26 heavy (non-hydrogen) atoms. The fraction of sp³-hybridized carbons (Fsp3) is 0.600. The minimum absolute atomic E-state index is 0.0493.